The molecule has 1 N–H and O–H groups in total. The van der Waals surface area contributed by atoms with Gasteiger partial charge < -0.3 is 4.74 Å². The van der Waals surface area contributed by atoms with E-state index in [9.17, 15) is 4.39 Å². The summed E-state index contributed by atoms with van der Waals surface area (Å²) < 4.78 is 18.3. The fourth-order valence-corrected chi connectivity index (χ4v) is 1.45. The summed E-state index contributed by atoms with van der Waals surface area (Å²) in [4.78, 5) is 0. The van der Waals surface area contributed by atoms with Crippen LogP contribution in [0, 0.1) is 17.1 Å². The van der Waals surface area contributed by atoms with Crippen molar-refractivity contribution in [3.05, 3.63) is 34.6 Å². The topological polar surface area (TPSA) is 45.0 Å². The molecule has 0 aliphatic rings. The normalized spacial score (nSPS) is 12.1. The molecule has 1 unspecified atom stereocenters. The summed E-state index contributed by atoms with van der Waals surface area (Å²) in [5.41, 5.74) is 0.256. The van der Waals surface area contributed by atoms with Crippen LogP contribution in [0.1, 0.15) is 11.6 Å². The fourth-order valence-electron chi connectivity index (χ4n) is 1.27. The highest BCUT2D eigenvalue weighted by atomic mass is 35.5. The van der Waals surface area contributed by atoms with Crippen molar-refractivity contribution in [3.8, 4) is 6.07 Å². The molecule has 0 saturated carbocycles. The standard InChI is InChI=1S/C11H12ClFN2O/c1-16-5-4-15-11(7-14)9-6-8(12)2-3-10(9)13/h2-3,6,11,15H,4-5H2,1H3. The Morgan fingerprint density at radius 1 is 1.62 bits per heavy atom. The van der Waals surface area contributed by atoms with Crippen LogP contribution in [-0.2, 0) is 4.74 Å². The number of nitrogens with zero attached hydrogens (tertiary/aromatic N) is 1. The maximum atomic E-state index is 13.4. The van der Waals surface area contributed by atoms with Gasteiger partial charge in [0.05, 0.1) is 12.7 Å². The molecule has 1 atom stereocenters. The van der Waals surface area contributed by atoms with Crippen LogP contribution in [0.3, 0.4) is 0 Å². The predicted octanol–water partition coefficient (Wildman–Crippen LogP) is 2.28. The van der Waals surface area contributed by atoms with E-state index in [4.69, 9.17) is 21.6 Å². The molecule has 5 heteroatoms. The maximum absolute atomic E-state index is 13.4. The number of hydrogen-bond acceptors (Lipinski definition) is 3. The maximum Gasteiger partial charge on any atom is 0.129 e. The molecule has 0 saturated heterocycles. The molecule has 0 aliphatic carbocycles. The zero-order valence-corrected chi connectivity index (χ0v) is 9.59. The third-order valence-electron chi connectivity index (χ3n) is 2.05. The fraction of sp³-hybridized carbons (Fsp3) is 0.364. The molecule has 0 amide bonds. The predicted molar refractivity (Wildman–Crippen MR) is 59.6 cm³/mol. The van der Waals surface area contributed by atoms with E-state index >= 15 is 0 Å². The number of hydrogen-bond donors (Lipinski definition) is 1. The van der Waals surface area contributed by atoms with E-state index in [1.807, 2.05) is 6.07 Å². The summed E-state index contributed by atoms with van der Waals surface area (Å²) in [7, 11) is 1.56. The van der Waals surface area contributed by atoms with E-state index in [-0.39, 0.29) is 5.56 Å². The summed E-state index contributed by atoms with van der Waals surface area (Å²) in [6, 6.07) is 5.41. The second-order valence-electron chi connectivity index (χ2n) is 3.17. The first-order chi connectivity index (χ1) is 7.69. The molecule has 86 valence electrons. The molecule has 1 aromatic rings. The second kappa shape index (κ2) is 6.44. The number of rotatable bonds is 5. The Labute approximate surface area is 98.8 Å². The van der Waals surface area contributed by atoms with Gasteiger partial charge in [-0.3, -0.25) is 5.32 Å². The van der Waals surface area contributed by atoms with Crippen LogP contribution >= 0.6 is 11.6 Å². The zero-order valence-electron chi connectivity index (χ0n) is 8.84. The Bertz CT molecular complexity index is 392. The quantitative estimate of drug-likeness (QED) is 0.806. The zero-order chi connectivity index (χ0) is 12.0. The molecule has 1 aromatic carbocycles. The lowest BCUT2D eigenvalue weighted by molar-refractivity contribution is 0.197. The molecule has 0 radical (unpaired) electrons. The van der Waals surface area contributed by atoms with Crippen LogP contribution in [0.5, 0.6) is 0 Å². The highest BCUT2D eigenvalue weighted by Crippen LogP contribution is 2.20. The molecule has 16 heavy (non-hydrogen) atoms. The Morgan fingerprint density at radius 3 is 3.00 bits per heavy atom. The second-order valence-corrected chi connectivity index (χ2v) is 3.61. The van der Waals surface area contributed by atoms with Gasteiger partial charge in [0.2, 0.25) is 0 Å². The van der Waals surface area contributed by atoms with Gasteiger partial charge in [0.1, 0.15) is 11.9 Å². The molecule has 0 aliphatic heterocycles. The van der Waals surface area contributed by atoms with Crippen LogP contribution in [0.4, 0.5) is 4.39 Å². The summed E-state index contributed by atoms with van der Waals surface area (Å²) >= 11 is 5.75. The monoisotopic (exact) mass is 242 g/mol. The minimum Gasteiger partial charge on any atom is -0.383 e. The molecule has 0 spiro atoms. The lowest BCUT2D eigenvalue weighted by Crippen LogP contribution is -2.24. The van der Waals surface area contributed by atoms with Crippen molar-refractivity contribution in [3.63, 3.8) is 0 Å². The minimum atomic E-state index is -0.714. The van der Waals surface area contributed by atoms with Gasteiger partial charge in [-0.05, 0) is 18.2 Å². The van der Waals surface area contributed by atoms with E-state index in [0.717, 1.165) is 0 Å². The molecular weight excluding hydrogens is 231 g/mol. The Kier molecular flexibility index (Phi) is 5.20. The van der Waals surface area contributed by atoms with Crippen molar-refractivity contribution in [2.75, 3.05) is 20.3 Å². The number of halogens is 2. The largest absolute Gasteiger partial charge is 0.383 e. The van der Waals surface area contributed by atoms with Crippen molar-refractivity contribution >= 4 is 11.6 Å². The molecule has 0 aromatic heterocycles. The van der Waals surface area contributed by atoms with E-state index in [1.165, 1.54) is 18.2 Å². The summed E-state index contributed by atoms with van der Waals surface area (Å²) in [5.74, 6) is -0.444. The van der Waals surface area contributed by atoms with Gasteiger partial charge >= 0.3 is 0 Å². The first-order valence-corrected chi connectivity index (χ1v) is 5.13. The van der Waals surface area contributed by atoms with Gasteiger partial charge in [-0.1, -0.05) is 11.6 Å². The number of benzene rings is 1. The lowest BCUT2D eigenvalue weighted by atomic mass is 10.1. The Morgan fingerprint density at radius 2 is 2.38 bits per heavy atom. The van der Waals surface area contributed by atoms with Crippen LogP contribution in [-0.4, -0.2) is 20.3 Å². The van der Waals surface area contributed by atoms with Crippen LogP contribution in [0.2, 0.25) is 5.02 Å². The highest BCUT2D eigenvalue weighted by molar-refractivity contribution is 6.30. The van der Waals surface area contributed by atoms with Crippen LogP contribution in [0.15, 0.2) is 18.2 Å². The average Bonchev–Trinajstić information content (AvgIpc) is 2.28. The summed E-state index contributed by atoms with van der Waals surface area (Å²) in [5, 5.41) is 12.2. The van der Waals surface area contributed by atoms with Crippen molar-refractivity contribution in [1.82, 2.24) is 5.32 Å². The molecule has 1 rings (SSSR count). The first kappa shape index (κ1) is 12.9. The van der Waals surface area contributed by atoms with Crippen molar-refractivity contribution in [2.45, 2.75) is 6.04 Å². The van der Waals surface area contributed by atoms with Gasteiger partial charge in [-0.25, -0.2) is 4.39 Å². The Balaban J connectivity index is 2.79. The molecule has 3 nitrogen and oxygen atoms in total. The first-order valence-electron chi connectivity index (χ1n) is 4.76. The van der Waals surface area contributed by atoms with Crippen molar-refractivity contribution < 1.29 is 9.13 Å². The van der Waals surface area contributed by atoms with Gasteiger partial charge in [0.25, 0.3) is 0 Å². The average molecular weight is 243 g/mol. The third-order valence-corrected chi connectivity index (χ3v) is 2.29. The number of ether oxygens (including phenoxy) is 1. The van der Waals surface area contributed by atoms with E-state index in [2.05, 4.69) is 5.32 Å². The smallest absolute Gasteiger partial charge is 0.129 e. The minimum absolute atomic E-state index is 0.256. The van der Waals surface area contributed by atoms with Gasteiger partial charge in [0.15, 0.2) is 0 Å². The van der Waals surface area contributed by atoms with Crippen molar-refractivity contribution in [2.24, 2.45) is 0 Å². The molecule has 0 heterocycles. The van der Waals surface area contributed by atoms with Gasteiger partial charge in [-0.2, -0.15) is 5.26 Å². The van der Waals surface area contributed by atoms with E-state index < -0.39 is 11.9 Å². The molecule has 0 bridgehead atoms. The van der Waals surface area contributed by atoms with Crippen molar-refractivity contribution in [1.29, 1.82) is 5.26 Å². The number of nitrogens with one attached hydrogen (secondary N) is 1. The van der Waals surface area contributed by atoms with Gasteiger partial charge in [0, 0.05) is 24.2 Å². The third kappa shape index (κ3) is 3.46. The SMILES string of the molecule is COCCNC(C#N)c1cc(Cl)ccc1F. The summed E-state index contributed by atoms with van der Waals surface area (Å²) in [6.07, 6.45) is 0. The van der Waals surface area contributed by atoms with Crippen LogP contribution in [0.25, 0.3) is 0 Å². The lowest BCUT2D eigenvalue weighted by Gasteiger charge is -2.12. The van der Waals surface area contributed by atoms with Gasteiger partial charge in [-0.15, -0.1) is 0 Å². The van der Waals surface area contributed by atoms with E-state index in [1.54, 1.807) is 7.11 Å². The Hall–Kier alpha value is -1.15. The number of nitriles is 1. The van der Waals surface area contributed by atoms with Crippen LogP contribution < -0.4 is 5.32 Å². The molecular formula is C11H12ClFN2O. The number of methoxy groups -OCH3 is 1. The van der Waals surface area contributed by atoms with E-state index in [0.29, 0.717) is 18.2 Å². The highest BCUT2D eigenvalue weighted by Gasteiger charge is 2.14. The molecule has 0 fully saturated rings. The summed E-state index contributed by atoms with van der Waals surface area (Å²) in [6.45, 7) is 0.932.